The molecule has 0 atom stereocenters. The Kier molecular flexibility index (Phi) is 6.88. The molecule has 1 aromatic heterocycles. The Labute approximate surface area is 170 Å². The van der Waals surface area contributed by atoms with Crippen LogP contribution in [0.3, 0.4) is 0 Å². The van der Waals surface area contributed by atoms with E-state index in [2.05, 4.69) is 72.9 Å². The first-order valence-electron chi connectivity index (χ1n) is 9.74. The van der Waals surface area contributed by atoms with Gasteiger partial charge in [0.05, 0.1) is 6.54 Å². The molecule has 2 aromatic rings. The van der Waals surface area contributed by atoms with Gasteiger partial charge in [0, 0.05) is 30.0 Å². The third-order valence-corrected chi connectivity index (χ3v) is 6.01. The molecule has 0 unspecified atom stereocenters. The molecule has 1 aliphatic carbocycles. The van der Waals surface area contributed by atoms with Gasteiger partial charge in [0.1, 0.15) is 6.33 Å². The van der Waals surface area contributed by atoms with Crippen molar-refractivity contribution >= 4 is 21.9 Å². The molecule has 2 N–H and O–H groups in total. The number of nitrogens with zero attached hydrogens (tertiary/aromatic N) is 4. The zero-order chi connectivity index (χ0) is 19.1. The van der Waals surface area contributed by atoms with Crippen LogP contribution in [-0.4, -0.2) is 34.3 Å². The summed E-state index contributed by atoms with van der Waals surface area (Å²) in [6.45, 7) is 4.44. The van der Waals surface area contributed by atoms with Gasteiger partial charge in [-0.05, 0) is 37.5 Å². The van der Waals surface area contributed by atoms with E-state index in [0.29, 0.717) is 6.54 Å². The molecule has 3 rings (SSSR count). The van der Waals surface area contributed by atoms with Gasteiger partial charge < -0.3 is 15.2 Å². The fourth-order valence-corrected chi connectivity index (χ4v) is 4.33. The highest BCUT2D eigenvalue weighted by atomic mass is 79.9. The van der Waals surface area contributed by atoms with E-state index in [4.69, 9.17) is 0 Å². The first kappa shape index (κ1) is 19.9. The van der Waals surface area contributed by atoms with Crippen LogP contribution < -0.4 is 10.6 Å². The number of guanidine groups is 1. The smallest absolute Gasteiger partial charge is 0.191 e. The summed E-state index contributed by atoms with van der Waals surface area (Å²) in [4.78, 5) is 4.40. The molecule has 0 spiro atoms. The summed E-state index contributed by atoms with van der Waals surface area (Å²) in [6.07, 6.45) is 8.06. The van der Waals surface area contributed by atoms with Crippen LogP contribution in [0.2, 0.25) is 0 Å². The van der Waals surface area contributed by atoms with E-state index in [1.165, 1.54) is 37.7 Å². The zero-order valence-corrected chi connectivity index (χ0v) is 17.8. The van der Waals surface area contributed by atoms with Crippen LogP contribution in [0.4, 0.5) is 0 Å². The highest BCUT2D eigenvalue weighted by Crippen LogP contribution is 2.39. The van der Waals surface area contributed by atoms with Crippen molar-refractivity contribution in [2.75, 3.05) is 13.6 Å². The predicted molar refractivity (Wildman–Crippen MR) is 113 cm³/mol. The number of hydrogen-bond donors (Lipinski definition) is 2. The highest BCUT2D eigenvalue weighted by Gasteiger charge is 2.34. The first-order chi connectivity index (χ1) is 13.2. The van der Waals surface area contributed by atoms with Gasteiger partial charge in [0.25, 0.3) is 0 Å². The molecule has 1 fully saturated rings. The molecule has 1 heterocycles. The van der Waals surface area contributed by atoms with E-state index >= 15 is 0 Å². The Morgan fingerprint density at radius 2 is 2.07 bits per heavy atom. The van der Waals surface area contributed by atoms with E-state index in [1.54, 1.807) is 6.33 Å². The number of aryl methyl sites for hydroxylation is 1. The molecule has 6 nitrogen and oxygen atoms in total. The van der Waals surface area contributed by atoms with Crippen LogP contribution >= 0.6 is 15.9 Å². The van der Waals surface area contributed by atoms with Crippen molar-refractivity contribution in [3.8, 4) is 0 Å². The summed E-state index contributed by atoms with van der Waals surface area (Å²) in [6, 6.07) is 8.77. The van der Waals surface area contributed by atoms with Crippen LogP contribution in [0.25, 0.3) is 0 Å². The predicted octanol–water partition coefficient (Wildman–Crippen LogP) is 3.63. The third-order valence-electron chi connectivity index (χ3n) is 5.52. The fraction of sp³-hybridized carbons (Fsp3) is 0.550. The van der Waals surface area contributed by atoms with Gasteiger partial charge in [0.15, 0.2) is 11.8 Å². The second kappa shape index (κ2) is 9.35. The van der Waals surface area contributed by atoms with Gasteiger partial charge in [0.2, 0.25) is 0 Å². The largest absolute Gasteiger partial charge is 0.356 e. The van der Waals surface area contributed by atoms with Crippen molar-refractivity contribution < 1.29 is 0 Å². The Morgan fingerprint density at radius 1 is 1.26 bits per heavy atom. The molecule has 0 saturated heterocycles. The molecule has 146 valence electrons. The minimum Gasteiger partial charge on any atom is -0.356 e. The summed E-state index contributed by atoms with van der Waals surface area (Å²) in [5.74, 6) is 1.72. The second-order valence-corrected chi connectivity index (χ2v) is 8.08. The quantitative estimate of drug-likeness (QED) is 0.540. The number of nitrogens with one attached hydrogen (secondary N) is 2. The van der Waals surface area contributed by atoms with Gasteiger partial charge in [-0.3, -0.25) is 4.99 Å². The number of hydrogen-bond acceptors (Lipinski definition) is 3. The molecule has 0 radical (unpaired) electrons. The summed E-state index contributed by atoms with van der Waals surface area (Å²) in [5, 5.41) is 15.1. The molecule has 0 bridgehead atoms. The lowest BCUT2D eigenvalue weighted by molar-refractivity contribution is 0.291. The highest BCUT2D eigenvalue weighted by molar-refractivity contribution is 9.10. The number of rotatable bonds is 6. The Balaban J connectivity index is 1.67. The molecular formula is C20H29BrN6. The molecule has 0 aliphatic heterocycles. The van der Waals surface area contributed by atoms with Gasteiger partial charge in [-0.15, -0.1) is 10.2 Å². The lowest BCUT2D eigenvalue weighted by Crippen LogP contribution is -2.46. The van der Waals surface area contributed by atoms with Crippen molar-refractivity contribution in [1.29, 1.82) is 0 Å². The lowest BCUT2D eigenvalue weighted by Gasteiger charge is -2.38. The lowest BCUT2D eigenvalue weighted by atomic mass is 9.69. The standard InChI is InChI=1S/C20H29BrN6/c1-3-27-15-25-26-18(27)13-23-19(22-2)24-14-20(10-5-4-6-11-20)16-8-7-9-17(21)12-16/h7-9,12,15H,3-6,10-11,13-14H2,1-2H3,(H2,22,23,24). The van der Waals surface area contributed by atoms with Crippen LogP contribution in [0.5, 0.6) is 0 Å². The van der Waals surface area contributed by atoms with Gasteiger partial charge in [-0.2, -0.15) is 0 Å². The summed E-state index contributed by atoms with van der Waals surface area (Å²) in [5.41, 5.74) is 1.56. The molecule has 1 aliphatic rings. The molecule has 1 aromatic carbocycles. The topological polar surface area (TPSA) is 67.1 Å². The zero-order valence-electron chi connectivity index (χ0n) is 16.2. The SMILES string of the molecule is CCn1cnnc1CNC(=NC)NCC1(c2cccc(Br)c2)CCCCC1. The Bertz CT molecular complexity index is 763. The van der Waals surface area contributed by atoms with Crippen molar-refractivity contribution in [2.45, 2.75) is 57.5 Å². The maximum Gasteiger partial charge on any atom is 0.191 e. The van der Waals surface area contributed by atoms with Crippen molar-refractivity contribution in [3.63, 3.8) is 0 Å². The third kappa shape index (κ3) is 4.89. The van der Waals surface area contributed by atoms with E-state index < -0.39 is 0 Å². The molecule has 27 heavy (non-hydrogen) atoms. The van der Waals surface area contributed by atoms with E-state index in [-0.39, 0.29) is 5.41 Å². The van der Waals surface area contributed by atoms with E-state index in [0.717, 1.165) is 29.3 Å². The van der Waals surface area contributed by atoms with Gasteiger partial charge >= 0.3 is 0 Å². The molecular weight excluding hydrogens is 404 g/mol. The number of benzene rings is 1. The molecule has 1 saturated carbocycles. The average molecular weight is 433 g/mol. The van der Waals surface area contributed by atoms with E-state index in [9.17, 15) is 0 Å². The molecule has 7 heteroatoms. The van der Waals surface area contributed by atoms with Crippen molar-refractivity contribution in [1.82, 2.24) is 25.4 Å². The van der Waals surface area contributed by atoms with Crippen molar-refractivity contribution in [3.05, 3.63) is 46.5 Å². The van der Waals surface area contributed by atoms with Crippen molar-refractivity contribution in [2.24, 2.45) is 4.99 Å². The number of halogens is 1. The van der Waals surface area contributed by atoms with Gasteiger partial charge in [-0.1, -0.05) is 47.3 Å². The van der Waals surface area contributed by atoms with Crippen LogP contribution in [0, 0.1) is 0 Å². The van der Waals surface area contributed by atoms with Crippen LogP contribution in [0.1, 0.15) is 50.4 Å². The normalized spacial score (nSPS) is 16.9. The number of aromatic nitrogens is 3. The summed E-state index contributed by atoms with van der Waals surface area (Å²) >= 11 is 3.64. The van der Waals surface area contributed by atoms with Gasteiger partial charge in [-0.25, -0.2) is 0 Å². The summed E-state index contributed by atoms with van der Waals surface area (Å²) in [7, 11) is 1.81. The Hall–Kier alpha value is -1.89. The van der Waals surface area contributed by atoms with Crippen LogP contribution in [-0.2, 0) is 18.5 Å². The fourth-order valence-electron chi connectivity index (χ4n) is 3.93. The monoisotopic (exact) mass is 432 g/mol. The van der Waals surface area contributed by atoms with E-state index in [1.807, 2.05) is 11.6 Å². The minimum absolute atomic E-state index is 0.156. The maximum absolute atomic E-state index is 4.40. The molecule has 0 amide bonds. The summed E-state index contributed by atoms with van der Waals surface area (Å²) < 4.78 is 3.18. The second-order valence-electron chi connectivity index (χ2n) is 7.16. The maximum atomic E-state index is 4.40. The first-order valence-corrected chi connectivity index (χ1v) is 10.5. The van der Waals surface area contributed by atoms with Crippen LogP contribution in [0.15, 0.2) is 40.1 Å². The average Bonchev–Trinajstić information content (AvgIpc) is 3.16. The Morgan fingerprint density at radius 3 is 2.78 bits per heavy atom. The minimum atomic E-state index is 0.156. The number of aliphatic imine (C=N–C) groups is 1.